The van der Waals surface area contributed by atoms with Gasteiger partial charge in [-0.2, -0.15) is 9.40 Å². The van der Waals surface area contributed by atoms with Gasteiger partial charge in [0.1, 0.15) is 22.1 Å². The normalized spacial score (nSPS) is 15.2. The van der Waals surface area contributed by atoms with E-state index in [1.54, 1.807) is 37.0 Å². The molecule has 1 saturated heterocycles. The maximum atomic E-state index is 13.5. The molecule has 4 aromatic heterocycles. The van der Waals surface area contributed by atoms with Crippen LogP contribution in [-0.2, 0) is 17.1 Å². The van der Waals surface area contributed by atoms with Crippen LogP contribution in [0, 0.1) is 0 Å². The maximum absolute atomic E-state index is 13.5. The Hall–Kier alpha value is -3.88. The number of nitrogens with two attached hydrogens (primary N) is 1. The molecule has 13 nitrogen and oxygen atoms in total. The van der Waals surface area contributed by atoms with Crippen molar-refractivity contribution in [1.82, 2.24) is 38.9 Å². The van der Waals surface area contributed by atoms with Crippen LogP contribution in [0.2, 0.25) is 0 Å². The zero-order valence-corrected chi connectivity index (χ0v) is 22.2. The minimum absolute atomic E-state index is 0.00204. The number of aromatic nitrogens is 6. The van der Waals surface area contributed by atoms with Gasteiger partial charge in [-0.15, -0.1) is 0 Å². The lowest BCUT2D eigenvalue weighted by Crippen LogP contribution is -2.48. The molecular formula is C24H29N9O4S. The number of likely N-dealkylation sites (N-methyl/N-ethyl adjacent to an activating group) is 1. The molecule has 0 bridgehead atoms. The van der Waals surface area contributed by atoms with Crippen LogP contribution in [-0.4, -0.2) is 86.7 Å². The standard InChI is InChI=1S/C24H29N9O4S/c1-4-32-8-10-33(11-9-32)38(35,36)16-12-17(24(27-14-16)37-5-2)22-28-19-20(23(34)29-22)30-31(3)21(19)15-6-7-18(25)26-13-15/h6-7,12-14H,4-5,8-11H2,1-3H3,(H2,25,26)(H,28,29,34). The van der Waals surface area contributed by atoms with Crippen molar-refractivity contribution in [1.29, 1.82) is 0 Å². The number of pyridine rings is 2. The molecule has 0 amide bonds. The van der Waals surface area contributed by atoms with Crippen molar-refractivity contribution in [2.24, 2.45) is 7.05 Å². The quantitative estimate of drug-likeness (QED) is 0.347. The van der Waals surface area contributed by atoms with E-state index >= 15 is 0 Å². The Morgan fingerprint density at radius 1 is 1.08 bits per heavy atom. The van der Waals surface area contributed by atoms with Crippen LogP contribution < -0.4 is 16.0 Å². The fourth-order valence-electron chi connectivity index (χ4n) is 4.51. The lowest BCUT2D eigenvalue weighted by atomic mass is 10.1. The largest absolute Gasteiger partial charge is 0.477 e. The van der Waals surface area contributed by atoms with Gasteiger partial charge in [0.15, 0.2) is 5.52 Å². The van der Waals surface area contributed by atoms with Crippen molar-refractivity contribution in [2.75, 3.05) is 45.1 Å². The van der Waals surface area contributed by atoms with E-state index < -0.39 is 15.6 Å². The molecule has 14 heteroatoms. The number of hydrogen-bond donors (Lipinski definition) is 2. The van der Waals surface area contributed by atoms with Gasteiger partial charge in [0.2, 0.25) is 15.9 Å². The summed E-state index contributed by atoms with van der Waals surface area (Å²) in [5.41, 5.74) is 7.19. The molecule has 1 aliphatic rings. The molecule has 0 spiro atoms. The Morgan fingerprint density at radius 3 is 2.50 bits per heavy atom. The van der Waals surface area contributed by atoms with Gasteiger partial charge in [-0.3, -0.25) is 9.48 Å². The summed E-state index contributed by atoms with van der Waals surface area (Å²) >= 11 is 0. The third kappa shape index (κ3) is 4.61. The lowest BCUT2D eigenvalue weighted by Gasteiger charge is -2.33. The van der Waals surface area contributed by atoms with Gasteiger partial charge in [-0.25, -0.2) is 23.4 Å². The summed E-state index contributed by atoms with van der Waals surface area (Å²) in [4.78, 5) is 31.1. The van der Waals surface area contributed by atoms with E-state index in [0.29, 0.717) is 48.8 Å². The summed E-state index contributed by atoms with van der Waals surface area (Å²) in [5, 5.41) is 4.33. The molecule has 1 fully saturated rings. The molecule has 3 N–H and O–H groups in total. The van der Waals surface area contributed by atoms with E-state index in [1.165, 1.54) is 16.6 Å². The van der Waals surface area contributed by atoms with E-state index in [1.807, 2.05) is 0 Å². The predicted molar refractivity (Wildman–Crippen MR) is 142 cm³/mol. The molecule has 1 aliphatic heterocycles. The fraction of sp³-hybridized carbons (Fsp3) is 0.375. The fourth-order valence-corrected chi connectivity index (χ4v) is 5.90. The Morgan fingerprint density at radius 2 is 1.84 bits per heavy atom. The number of H-pyrrole nitrogens is 1. The van der Waals surface area contributed by atoms with Crippen LogP contribution in [0.15, 0.2) is 40.3 Å². The average molecular weight is 540 g/mol. The summed E-state index contributed by atoms with van der Waals surface area (Å²) in [7, 11) is -2.13. The molecule has 0 radical (unpaired) electrons. The number of nitrogens with zero attached hydrogens (tertiary/aromatic N) is 7. The van der Waals surface area contributed by atoms with E-state index in [-0.39, 0.29) is 34.3 Å². The number of sulfonamides is 1. The minimum atomic E-state index is -3.83. The highest BCUT2D eigenvalue weighted by Gasteiger charge is 2.30. The Balaban J connectivity index is 1.64. The monoisotopic (exact) mass is 539 g/mol. The molecule has 38 heavy (non-hydrogen) atoms. The number of aromatic amines is 1. The smallest absolute Gasteiger partial charge is 0.279 e. The third-order valence-corrected chi connectivity index (χ3v) is 8.40. The Kier molecular flexibility index (Phi) is 6.86. The van der Waals surface area contributed by atoms with Crippen LogP contribution in [0.4, 0.5) is 5.82 Å². The van der Waals surface area contributed by atoms with Gasteiger partial charge in [-0.1, -0.05) is 6.92 Å². The number of hydrogen-bond acceptors (Lipinski definition) is 10. The number of aryl methyl sites for hydroxylation is 1. The van der Waals surface area contributed by atoms with Gasteiger partial charge < -0.3 is 20.4 Å². The Labute approximate surface area is 219 Å². The molecule has 0 aliphatic carbocycles. The van der Waals surface area contributed by atoms with Crippen LogP contribution in [0.3, 0.4) is 0 Å². The van der Waals surface area contributed by atoms with Crippen molar-refractivity contribution in [3.05, 3.63) is 40.9 Å². The van der Waals surface area contributed by atoms with Gasteiger partial charge in [-0.05, 0) is 31.7 Å². The van der Waals surface area contributed by atoms with Gasteiger partial charge in [0.05, 0.1) is 24.1 Å². The summed E-state index contributed by atoms with van der Waals surface area (Å²) in [6.45, 7) is 7.07. The lowest BCUT2D eigenvalue weighted by molar-refractivity contribution is 0.196. The number of piperazine rings is 1. The summed E-state index contributed by atoms with van der Waals surface area (Å²) in [6.07, 6.45) is 2.86. The number of fused-ring (bicyclic) bond motifs is 1. The number of nitrogen functional groups attached to an aromatic ring is 1. The second-order valence-corrected chi connectivity index (χ2v) is 10.8. The van der Waals surface area contributed by atoms with Crippen LogP contribution in [0.5, 0.6) is 5.88 Å². The minimum Gasteiger partial charge on any atom is -0.477 e. The summed E-state index contributed by atoms with van der Waals surface area (Å²) < 4.78 is 35.7. The molecule has 200 valence electrons. The van der Waals surface area contributed by atoms with E-state index in [4.69, 9.17) is 15.5 Å². The SMILES string of the molecule is CCOc1ncc(S(=O)(=O)N2CCN(CC)CC2)cc1-c1nc2c(-c3ccc(N)nc3)n(C)nc2c(=O)[nH]1. The van der Waals surface area contributed by atoms with Gasteiger partial charge >= 0.3 is 0 Å². The first kappa shape index (κ1) is 25.8. The number of ether oxygens (including phenoxy) is 1. The molecule has 0 atom stereocenters. The zero-order valence-electron chi connectivity index (χ0n) is 21.4. The highest BCUT2D eigenvalue weighted by atomic mass is 32.2. The van der Waals surface area contributed by atoms with Crippen molar-refractivity contribution in [2.45, 2.75) is 18.7 Å². The molecule has 5 rings (SSSR count). The summed E-state index contributed by atoms with van der Waals surface area (Å²) in [5.74, 6) is 0.626. The average Bonchev–Trinajstić information content (AvgIpc) is 3.26. The summed E-state index contributed by atoms with van der Waals surface area (Å²) in [6, 6.07) is 4.86. The number of anilines is 1. The molecule has 0 unspecified atom stereocenters. The van der Waals surface area contributed by atoms with E-state index in [9.17, 15) is 13.2 Å². The Bertz CT molecular complexity index is 1640. The predicted octanol–water partition coefficient (Wildman–Crippen LogP) is 1.09. The van der Waals surface area contributed by atoms with E-state index in [0.717, 1.165) is 6.54 Å². The molecule has 0 aromatic carbocycles. The number of nitrogens with one attached hydrogen (secondary N) is 1. The van der Waals surface area contributed by atoms with Crippen molar-refractivity contribution in [3.63, 3.8) is 0 Å². The molecule has 4 aromatic rings. The molecule has 5 heterocycles. The van der Waals surface area contributed by atoms with Crippen LogP contribution >= 0.6 is 0 Å². The molecular weight excluding hydrogens is 510 g/mol. The van der Waals surface area contributed by atoms with Crippen molar-refractivity contribution < 1.29 is 13.2 Å². The highest BCUT2D eigenvalue weighted by Crippen LogP contribution is 2.32. The maximum Gasteiger partial charge on any atom is 0.279 e. The van der Waals surface area contributed by atoms with Crippen molar-refractivity contribution in [3.8, 4) is 28.5 Å². The number of rotatable bonds is 7. The first-order chi connectivity index (χ1) is 18.2. The van der Waals surface area contributed by atoms with Gasteiger partial charge in [0.25, 0.3) is 5.56 Å². The third-order valence-electron chi connectivity index (χ3n) is 6.53. The zero-order chi connectivity index (χ0) is 27.0. The first-order valence-corrected chi connectivity index (χ1v) is 13.7. The van der Waals surface area contributed by atoms with Gasteiger partial charge in [0, 0.05) is 45.0 Å². The second-order valence-electron chi connectivity index (χ2n) is 8.85. The topological polar surface area (TPSA) is 165 Å². The van der Waals surface area contributed by atoms with Crippen molar-refractivity contribution >= 4 is 26.9 Å². The highest BCUT2D eigenvalue weighted by molar-refractivity contribution is 7.89. The second kappa shape index (κ2) is 10.1. The van der Waals surface area contributed by atoms with Crippen LogP contribution in [0.1, 0.15) is 13.8 Å². The molecule has 0 saturated carbocycles. The van der Waals surface area contributed by atoms with Crippen LogP contribution in [0.25, 0.3) is 33.7 Å². The van der Waals surface area contributed by atoms with E-state index in [2.05, 4.69) is 31.9 Å². The first-order valence-electron chi connectivity index (χ1n) is 12.3.